The molecule has 1 amide bonds. The van der Waals surface area contributed by atoms with Crippen LogP contribution in [0.5, 0.6) is 0 Å². The number of nitrogens with zero attached hydrogens (tertiary/aromatic N) is 3. The fourth-order valence-electron chi connectivity index (χ4n) is 4.10. The van der Waals surface area contributed by atoms with Gasteiger partial charge in [0, 0.05) is 18.0 Å². The third-order valence-corrected chi connectivity index (χ3v) is 5.91. The van der Waals surface area contributed by atoms with E-state index >= 15 is 0 Å². The number of hydrogen-bond acceptors (Lipinski definition) is 5. The molecule has 1 aromatic heterocycles. The maximum Gasteiger partial charge on any atom is 0.241 e. The third kappa shape index (κ3) is 6.01. The van der Waals surface area contributed by atoms with E-state index in [-0.39, 0.29) is 17.6 Å². The van der Waals surface area contributed by atoms with Gasteiger partial charge in [-0.1, -0.05) is 35.0 Å². The molecule has 1 N–H and O–H groups in total. The molecule has 0 aliphatic carbocycles. The summed E-state index contributed by atoms with van der Waals surface area (Å²) >= 11 is 0. The quantitative estimate of drug-likeness (QED) is 0.537. The van der Waals surface area contributed by atoms with Crippen LogP contribution in [0.1, 0.15) is 36.3 Å². The van der Waals surface area contributed by atoms with E-state index in [4.69, 9.17) is 4.52 Å². The number of piperidine rings is 1. The van der Waals surface area contributed by atoms with E-state index in [1.54, 1.807) is 12.1 Å². The molecule has 4 rings (SSSR count). The lowest BCUT2D eigenvalue weighted by Crippen LogP contribution is -2.40. The summed E-state index contributed by atoms with van der Waals surface area (Å²) in [5.74, 6) is 0.909. The van der Waals surface area contributed by atoms with Crippen LogP contribution in [0.3, 0.4) is 0 Å². The number of halogens is 1. The molecule has 0 bridgehead atoms. The van der Waals surface area contributed by atoms with Crippen molar-refractivity contribution in [1.29, 1.82) is 0 Å². The van der Waals surface area contributed by atoms with E-state index < -0.39 is 0 Å². The van der Waals surface area contributed by atoms with Crippen molar-refractivity contribution in [3.8, 4) is 11.4 Å². The van der Waals surface area contributed by atoms with Gasteiger partial charge in [-0.3, -0.25) is 9.69 Å². The van der Waals surface area contributed by atoms with Gasteiger partial charge in [0.05, 0.1) is 6.54 Å². The molecule has 1 saturated heterocycles. The number of amides is 1. The molecule has 1 fully saturated rings. The Labute approximate surface area is 187 Å². The molecule has 1 aliphatic heterocycles. The Morgan fingerprint density at radius 2 is 1.97 bits per heavy atom. The van der Waals surface area contributed by atoms with Crippen LogP contribution in [-0.2, 0) is 17.8 Å². The number of likely N-dealkylation sites (tertiary alicyclic amines) is 1. The monoisotopic (exact) mass is 436 g/mol. The van der Waals surface area contributed by atoms with Crippen molar-refractivity contribution < 1.29 is 13.7 Å². The highest BCUT2D eigenvalue weighted by atomic mass is 19.1. The van der Waals surface area contributed by atoms with Gasteiger partial charge in [-0.25, -0.2) is 4.39 Å². The van der Waals surface area contributed by atoms with E-state index in [0.717, 1.165) is 44.3 Å². The summed E-state index contributed by atoms with van der Waals surface area (Å²) in [6.45, 7) is 4.99. The fourth-order valence-corrected chi connectivity index (χ4v) is 4.10. The topological polar surface area (TPSA) is 71.3 Å². The average Bonchev–Trinajstić information content (AvgIpc) is 3.26. The molecule has 3 aromatic rings. The molecule has 2 heterocycles. The highest BCUT2D eigenvalue weighted by Gasteiger charge is 2.25. The summed E-state index contributed by atoms with van der Waals surface area (Å²) in [7, 11) is 0. The van der Waals surface area contributed by atoms with Crippen LogP contribution in [0.2, 0.25) is 0 Å². The van der Waals surface area contributed by atoms with Gasteiger partial charge < -0.3 is 9.84 Å². The van der Waals surface area contributed by atoms with E-state index in [9.17, 15) is 9.18 Å². The zero-order valence-electron chi connectivity index (χ0n) is 18.4. The van der Waals surface area contributed by atoms with Crippen molar-refractivity contribution in [1.82, 2.24) is 20.4 Å². The summed E-state index contributed by atoms with van der Waals surface area (Å²) in [5.41, 5.74) is 3.31. The van der Waals surface area contributed by atoms with Crippen molar-refractivity contribution in [3.63, 3.8) is 0 Å². The number of aryl methyl sites for hydroxylation is 2. The Morgan fingerprint density at radius 1 is 1.19 bits per heavy atom. The van der Waals surface area contributed by atoms with Crippen molar-refractivity contribution in [2.24, 2.45) is 5.92 Å². The highest BCUT2D eigenvalue weighted by molar-refractivity contribution is 5.78. The van der Waals surface area contributed by atoms with Gasteiger partial charge in [0.2, 0.25) is 17.6 Å². The Balaban J connectivity index is 1.17. The average molecular weight is 437 g/mol. The van der Waals surface area contributed by atoms with Crippen molar-refractivity contribution >= 4 is 5.91 Å². The van der Waals surface area contributed by atoms with E-state index in [2.05, 4.69) is 51.5 Å². The van der Waals surface area contributed by atoms with Gasteiger partial charge in [-0.05, 0) is 75.5 Å². The Morgan fingerprint density at radius 3 is 2.72 bits per heavy atom. The summed E-state index contributed by atoms with van der Waals surface area (Å²) in [6.07, 6.45) is 3.57. The largest absolute Gasteiger partial charge is 0.356 e. The first-order valence-corrected chi connectivity index (χ1v) is 11.2. The first-order valence-electron chi connectivity index (χ1n) is 11.2. The van der Waals surface area contributed by atoms with Crippen molar-refractivity contribution in [3.05, 3.63) is 71.4 Å². The second-order valence-electron chi connectivity index (χ2n) is 8.45. The Hall–Kier alpha value is -3.06. The molecule has 32 heavy (non-hydrogen) atoms. The lowest BCUT2D eigenvalue weighted by atomic mass is 9.96. The van der Waals surface area contributed by atoms with Crippen molar-refractivity contribution in [2.75, 3.05) is 19.6 Å². The van der Waals surface area contributed by atoms with E-state index in [1.807, 2.05) is 0 Å². The molecule has 6 nitrogen and oxygen atoms in total. The standard InChI is InChI=1S/C25H29FN4O2/c1-18-4-2-5-19(16-18)6-3-13-27-25(31)21-11-14-30(15-12-21)17-23-28-24(29-32-23)20-7-9-22(26)10-8-20/h2,4-5,7-10,16,21H,3,6,11-15,17H2,1H3,(H,27,31). The molecule has 1 aliphatic rings. The maximum atomic E-state index is 13.1. The maximum absolute atomic E-state index is 13.1. The van der Waals surface area contributed by atoms with Gasteiger partial charge in [-0.2, -0.15) is 4.98 Å². The molecular weight excluding hydrogens is 407 g/mol. The predicted molar refractivity (Wildman–Crippen MR) is 120 cm³/mol. The Kier molecular flexibility index (Phi) is 7.27. The van der Waals surface area contributed by atoms with Crippen LogP contribution in [0.25, 0.3) is 11.4 Å². The van der Waals surface area contributed by atoms with E-state index in [1.165, 1.54) is 23.3 Å². The van der Waals surface area contributed by atoms with Gasteiger partial charge in [0.25, 0.3) is 0 Å². The number of nitrogens with one attached hydrogen (secondary N) is 1. The summed E-state index contributed by atoms with van der Waals surface area (Å²) in [5, 5.41) is 7.10. The van der Waals surface area contributed by atoms with E-state index in [0.29, 0.717) is 24.8 Å². The minimum absolute atomic E-state index is 0.0580. The van der Waals surface area contributed by atoms with Crippen LogP contribution in [0, 0.1) is 18.7 Å². The molecule has 0 atom stereocenters. The molecule has 2 aromatic carbocycles. The van der Waals surface area contributed by atoms with Crippen LogP contribution >= 0.6 is 0 Å². The smallest absolute Gasteiger partial charge is 0.241 e. The predicted octanol–water partition coefficient (Wildman–Crippen LogP) is 4.15. The fraction of sp³-hybridized carbons (Fsp3) is 0.400. The van der Waals surface area contributed by atoms with Crippen LogP contribution in [0.4, 0.5) is 4.39 Å². The lowest BCUT2D eigenvalue weighted by Gasteiger charge is -2.30. The zero-order chi connectivity index (χ0) is 22.3. The zero-order valence-corrected chi connectivity index (χ0v) is 18.4. The molecule has 7 heteroatoms. The molecule has 168 valence electrons. The highest BCUT2D eigenvalue weighted by Crippen LogP contribution is 2.21. The van der Waals surface area contributed by atoms with Crippen LogP contribution in [0.15, 0.2) is 53.1 Å². The number of carbonyl (C=O) groups excluding carboxylic acids is 1. The van der Waals surface area contributed by atoms with Crippen LogP contribution in [-0.4, -0.2) is 40.6 Å². The molecule has 0 radical (unpaired) electrons. The number of carbonyl (C=O) groups is 1. The lowest BCUT2D eigenvalue weighted by molar-refractivity contribution is -0.126. The van der Waals surface area contributed by atoms with Gasteiger partial charge in [0.15, 0.2) is 0 Å². The summed E-state index contributed by atoms with van der Waals surface area (Å²) < 4.78 is 18.4. The van der Waals surface area contributed by atoms with Gasteiger partial charge >= 0.3 is 0 Å². The van der Waals surface area contributed by atoms with Gasteiger partial charge in [0.1, 0.15) is 5.82 Å². The number of aromatic nitrogens is 2. The second-order valence-corrected chi connectivity index (χ2v) is 8.45. The third-order valence-electron chi connectivity index (χ3n) is 5.91. The minimum Gasteiger partial charge on any atom is -0.356 e. The molecular formula is C25H29FN4O2. The summed E-state index contributed by atoms with van der Waals surface area (Å²) in [4.78, 5) is 19.2. The first kappa shape index (κ1) is 22.1. The first-order chi connectivity index (χ1) is 15.6. The molecule has 0 unspecified atom stereocenters. The SMILES string of the molecule is Cc1cccc(CCCNC(=O)C2CCN(Cc3nc(-c4ccc(F)cc4)no3)CC2)c1. The number of benzene rings is 2. The second kappa shape index (κ2) is 10.5. The van der Waals surface area contributed by atoms with Gasteiger partial charge in [-0.15, -0.1) is 0 Å². The molecule has 0 spiro atoms. The Bertz CT molecular complexity index is 1030. The van der Waals surface area contributed by atoms with Crippen LogP contribution < -0.4 is 5.32 Å². The normalized spacial score (nSPS) is 15.1. The minimum atomic E-state index is -0.296. The summed E-state index contributed by atoms with van der Waals surface area (Å²) in [6, 6.07) is 14.5. The number of hydrogen-bond donors (Lipinski definition) is 1. The number of rotatable bonds is 8. The van der Waals surface area contributed by atoms with Crippen molar-refractivity contribution in [2.45, 2.75) is 39.2 Å². The molecule has 0 saturated carbocycles.